The van der Waals surface area contributed by atoms with Gasteiger partial charge < -0.3 is 4.43 Å². The van der Waals surface area contributed by atoms with Gasteiger partial charge in [-0.15, -0.1) is 0 Å². The van der Waals surface area contributed by atoms with Gasteiger partial charge >= 0.3 is 0 Å². The van der Waals surface area contributed by atoms with E-state index in [9.17, 15) is 8.78 Å². The number of halogens is 5. The Morgan fingerprint density at radius 2 is 1.38 bits per heavy atom. The summed E-state index contributed by atoms with van der Waals surface area (Å²) in [4.78, 5) is 0. The predicted octanol–water partition coefficient (Wildman–Crippen LogP) is 9.01. The van der Waals surface area contributed by atoms with Gasteiger partial charge in [-0.1, -0.05) is 55.6 Å². The third kappa shape index (κ3) is 6.66. The van der Waals surface area contributed by atoms with Crippen LogP contribution in [0.5, 0.6) is 0 Å². The Bertz CT molecular complexity index is 776. The highest BCUT2D eigenvalue weighted by molar-refractivity contribution is 6.73. The first-order valence-electron chi connectivity index (χ1n) is 10.0. The van der Waals surface area contributed by atoms with E-state index in [-0.39, 0.29) is 6.10 Å². The van der Waals surface area contributed by atoms with Gasteiger partial charge in [-0.2, -0.15) is 0 Å². The lowest BCUT2D eigenvalue weighted by Crippen LogP contribution is -2.37. The number of hydrogen-bond donors (Lipinski definition) is 0. The highest BCUT2D eigenvalue weighted by Gasteiger charge is 2.34. The summed E-state index contributed by atoms with van der Waals surface area (Å²) in [5.74, 6) is -1.13. The minimum Gasteiger partial charge on any atom is -0.410 e. The molecule has 0 aromatic heterocycles. The van der Waals surface area contributed by atoms with E-state index in [1.165, 1.54) is 12.1 Å². The molecule has 2 rings (SSSR count). The molecule has 0 fully saturated rings. The Kier molecular flexibility index (Phi) is 9.42. The lowest BCUT2D eigenvalue weighted by Gasteiger charge is -2.34. The van der Waals surface area contributed by atoms with Gasteiger partial charge in [0.05, 0.1) is 6.10 Å². The standard InChI is InChI=1S/C22H27Cl3F2OSi/c1-4-29(5-2,6-3)28-21(22-19(24)12-16(23)13-20(22)25)9-7-8-15-10-17(26)14-18(27)11-15/h10-14,21H,4-9H2,1-3H3. The quantitative estimate of drug-likeness (QED) is 0.309. The fourth-order valence-electron chi connectivity index (χ4n) is 3.67. The zero-order valence-electron chi connectivity index (χ0n) is 17.0. The molecule has 1 atom stereocenters. The molecule has 1 nitrogen and oxygen atoms in total. The maximum Gasteiger partial charge on any atom is 0.192 e. The molecule has 0 radical (unpaired) electrons. The van der Waals surface area contributed by atoms with Crippen LogP contribution in [0.2, 0.25) is 33.2 Å². The van der Waals surface area contributed by atoms with E-state index in [0.717, 1.165) is 29.8 Å². The maximum atomic E-state index is 13.5. The Hall–Kier alpha value is -0.653. The largest absolute Gasteiger partial charge is 0.410 e. The van der Waals surface area contributed by atoms with E-state index >= 15 is 0 Å². The van der Waals surface area contributed by atoms with Crippen molar-refractivity contribution in [3.63, 3.8) is 0 Å². The molecule has 0 saturated carbocycles. The molecule has 7 heteroatoms. The van der Waals surface area contributed by atoms with Gasteiger partial charge in [0.2, 0.25) is 0 Å². The van der Waals surface area contributed by atoms with Gasteiger partial charge in [0, 0.05) is 26.7 Å². The normalized spacial score (nSPS) is 13.0. The summed E-state index contributed by atoms with van der Waals surface area (Å²) in [5, 5.41) is 1.44. The summed E-state index contributed by atoms with van der Waals surface area (Å²) < 4.78 is 33.7. The van der Waals surface area contributed by atoms with Gasteiger partial charge in [0.1, 0.15) is 11.6 Å². The first-order chi connectivity index (χ1) is 13.7. The van der Waals surface area contributed by atoms with E-state index in [4.69, 9.17) is 39.2 Å². The zero-order valence-corrected chi connectivity index (χ0v) is 20.3. The van der Waals surface area contributed by atoms with Crippen LogP contribution in [-0.4, -0.2) is 8.32 Å². The molecule has 0 aliphatic heterocycles. The molecule has 0 spiro atoms. The highest BCUT2D eigenvalue weighted by Crippen LogP contribution is 2.40. The number of benzene rings is 2. The molecular weight excluding hydrogens is 453 g/mol. The smallest absolute Gasteiger partial charge is 0.192 e. The summed E-state index contributed by atoms with van der Waals surface area (Å²) in [6.45, 7) is 6.49. The van der Waals surface area contributed by atoms with Gasteiger partial charge in [0.25, 0.3) is 0 Å². The molecular formula is C22H27Cl3F2OSi. The van der Waals surface area contributed by atoms with Crippen molar-refractivity contribution in [1.29, 1.82) is 0 Å². The maximum absolute atomic E-state index is 13.5. The summed E-state index contributed by atoms with van der Waals surface area (Å²) >= 11 is 19.1. The van der Waals surface area contributed by atoms with Crippen molar-refractivity contribution in [3.8, 4) is 0 Å². The molecule has 160 valence electrons. The molecule has 29 heavy (non-hydrogen) atoms. The van der Waals surface area contributed by atoms with Gasteiger partial charge in [0.15, 0.2) is 8.32 Å². The topological polar surface area (TPSA) is 9.23 Å². The van der Waals surface area contributed by atoms with E-state index < -0.39 is 20.0 Å². The van der Waals surface area contributed by atoms with Gasteiger partial charge in [-0.25, -0.2) is 8.78 Å². The van der Waals surface area contributed by atoms with E-state index in [0.29, 0.717) is 39.9 Å². The van der Waals surface area contributed by atoms with Crippen LogP contribution in [0, 0.1) is 11.6 Å². The minimum absolute atomic E-state index is 0.280. The summed E-state index contributed by atoms with van der Waals surface area (Å²) in [7, 11) is -1.94. The minimum atomic E-state index is -1.94. The summed E-state index contributed by atoms with van der Waals surface area (Å²) in [6, 6.07) is 9.95. The van der Waals surface area contributed by atoms with Crippen LogP contribution in [-0.2, 0) is 10.8 Å². The molecule has 0 aliphatic carbocycles. The van der Waals surface area contributed by atoms with Crippen LogP contribution < -0.4 is 0 Å². The van der Waals surface area contributed by atoms with Crippen molar-refractivity contribution in [2.24, 2.45) is 0 Å². The van der Waals surface area contributed by atoms with Crippen molar-refractivity contribution in [1.82, 2.24) is 0 Å². The number of hydrogen-bond acceptors (Lipinski definition) is 1. The van der Waals surface area contributed by atoms with Crippen molar-refractivity contribution in [2.75, 3.05) is 0 Å². The molecule has 2 aromatic rings. The van der Waals surface area contributed by atoms with Crippen LogP contribution in [0.4, 0.5) is 8.78 Å². The summed E-state index contributed by atoms with van der Waals surface area (Å²) in [5.41, 5.74) is 1.37. The molecule has 0 aliphatic rings. The molecule has 0 saturated heterocycles. The number of aryl methyl sites for hydroxylation is 1. The monoisotopic (exact) mass is 478 g/mol. The van der Waals surface area contributed by atoms with Crippen molar-refractivity contribution in [2.45, 2.75) is 64.3 Å². The lowest BCUT2D eigenvalue weighted by atomic mass is 10.0. The van der Waals surface area contributed by atoms with Crippen LogP contribution in [0.25, 0.3) is 0 Å². The van der Waals surface area contributed by atoms with Crippen LogP contribution in [0.3, 0.4) is 0 Å². The average molecular weight is 480 g/mol. The molecule has 0 bridgehead atoms. The third-order valence-corrected chi connectivity index (χ3v) is 11.0. The van der Waals surface area contributed by atoms with E-state index in [2.05, 4.69) is 20.8 Å². The third-order valence-electron chi connectivity index (χ3n) is 5.55. The van der Waals surface area contributed by atoms with E-state index in [1.54, 1.807) is 12.1 Å². The van der Waals surface area contributed by atoms with Crippen molar-refractivity contribution in [3.05, 3.63) is 68.2 Å². The van der Waals surface area contributed by atoms with E-state index in [1.807, 2.05) is 0 Å². The zero-order chi connectivity index (χ0) is 21.6. The Morgan fingerprint density at radius 1 is 0.862 bits per heavy atom. The van der Waals surface area contributed by atoms with Crippen LogP contribution in [0.1, 0.15) is 50.8 Å². The Morgan fingerprint density at radius 3 is 1.86 bits per heavy atom. The van der Waals surface area contributed by atoms with Gasteiger partial charge in [-0.05, 0) is 67.2 Å². The summed E-state index contributed by atoms with van der Waals surface area (Å²) in [6.07, 6.45) is 1.59. The Balaban J connectivity index is 2.27. The predicted molar refractivity (Wildman–Crippen MR) is 122 cm³/mol. The molecule has 0 heterocycles. The lowest BCUT2D eigenvalue weighted by molar-refractivity contribution is 0.177. The first-order valence-corrected chi connectivity index (χ1v) is 13.7. The van der Waals surface area contributed by atoms with Gasteiger partial charge in [-0.3, -0.25) is 0 Å². The molecule has 0 amide bonds. The average Bonchev–Trinajstić information content (AvgIpc) is 2.64. The second-order valence-electron chi connectivity index (χ2n) is 7.30. The Labute approximate surface area is 188 Å². The molecule has 0 N–H and O–H groups in total. The molecule has 2 aromatic carbocycles. The second-order valence-corrected chi connectivity index (χ2v) is 13.3. The van der Waals surface area contributed by atoms with Crippen molar-refractivity contribution >= 4 is 43.1 Å². The fourth-order valence-corrected chi connectivity index (χ4v) is 7.57. The SMILES string of the molecule is CC[Si](CC)(CC)OC(CCCc1cc(F)cc(F)c1)c1c(Cl)cc(Cl)cc1Cl. The first kappa shape index (κ1) is 24.6. The fraction of sp³-hybridized carbons (Fsp3) is 0.455. The molecule has 1 unspecified atom stereocenters. The van der Waals surface area contributed by atoms with Crippen molar-refractivity contribution < 1.29 is 13.2 Å². The van der Waals surface area contributed by atoms with Crippen LogP contribution >= 0.6 is 34.8 Å². The number of rotatable bonds is 10. The van der Waals surface area contributed by atoms with Crippen LogP contribution in [0.15, 0.2) is 30.3 Å². The second kappa shape index (κ2) is 11.1. The highest BCUT2D eigenvalue weighted by atomic mass is 35.5.